The van der Waals surface area contributed by atoms with Crippen LogP contribution in [0.2, 0.25) is 0 Å². The largest absolute Gasteiger partial charge is 0.408 e. The van der Waals surface area contributed by atoms with Crippen LogP contribution in [0, 0.1) is 12.0 Å². The average Bonchev–Trinajstić information content (AvgIpc) is 2.77. The molecule has 0 N–H and O–H groups in total. The fourth-order valence-corrected chi connectivity index (χ4v) is 1.37. The van der Waals surface area contributed by atoms with E-state index in [1.54, 1.807) is 0 Å². The fourth-order valence-electron chi connectivity index (χ4n) is 1.37. The van der Waals surface area contributed by atoms with Gasteiger partial charge < -0.3 is 0 Å². The molecule has 0 bridgehead atoms. The maximum atomic E-state index is 13.0. The van der Waals surface area contributed by atoms with Crippen molar-refractivity contribution in [3.8, 4) is 0 Å². The van der Waals surface area contributed by atoms with Gasteiger partial charge in [0.15, 0.2) is 12.0 Å². The molecule has 1 radical (unpaired) electrons. The van der Waals surface area contributed by atoms with Crippen LogP contribution in [-0.4, -0.2) is 16.0 Å². The van der Waals surface area contributed by atoms with Gasteiger partial charge in [-0.2, -0.15) is 18.3 Å². The van der Waals surface area contributed by atoms with Crippen LogP contribution in [0.5, 0.6) is 0 Å². The highest BCUT2D eigenvalue weighted by atomic mass is 19.4. The molecule has 0 aliphatic heterocycles. The van der Waals surface area contributed by atoms with E-state index in [1.807, 2.05) is 6.20 Å². The molecule has 1 heterocycles. The van der Waals surface area contributed by atoms with Gasteiger partial charge in [-0.05, 0) is 12.8 Å². The molecule has 0 saturated heterocycles. The molecule has 0 atom stereocenters. The molecule has 77 valence electrons. The number of alkyl halides is 3. The van der Waals surface area contributed by atoms with E-state index in [9.17, 15) is 17.6 Å². The molecule has 0 amide bonds. The minimum absolute atomic E-state index is 0.0438. The summed E-state index contributed by atoms with van der Waals surface area (Å²) in [5, 5.41) is 3.26. The molecular formula is C8H7F4N2. The number of rotatable bonds is 2. The Morgan fingerprint density at radius 3 is 2.57 bits per heavy atom. The highest BCUT2D eigenvalue weighted by Crippen LogP contribution is 2.41. The lowest BCUT2D eigenvalue weighted by Crippen LogP contribution is -2.20. The van der Waals surface area contributed by atoms with E-state index in [0.29, 0.717) is 4.68 Å². The van der Waals surface area contributed by atoms with E-state index in [2.05, 4.69) is 5.10 Å². The predicted octanol–water partition coefficient (Wildman–Crippen LogP) is 2.26. The highest BCUT2D eigenvalue weighted by Gasteiger charge is 2.35. The number of nitrogens with zero attached hydrogens (tertiary/aromatic N) is 2. The topological polar surface area (TPSA) is 17.8 Å². The second kappa shape index (κ2) is 2.96. The molecule has 0 aromatic carbocycles. The van der Waals surface area contributed by atoms with Crippen molar-refractivity contribution in [1.29, 1.82) is 0 Å². The van der Waals surface area contributed by atoms with E-state index >= 15 is 0 Å². The molecular weight excluding hydrogens is 200 g/mol. The molecule has 1 aromatic heterocycles. The van der Waals surface area contributed by atoms with Gasteiger partial charge in [-0.15, -0.1) is 0 Å². The molecule has 1 aromatic rings. The summed E-state index contributed by atoms with van der Waals surface area (Å²) in [5.74, 6) is -0.854. The lowest BCUT2D eigenvalue weighted by molar-refractivity contribution is -0.143. The molecule has 1 aliphatic carbocycles. The summed E-state index contributed by atoms with van der Waals surface area (Å²) in [6.07, 6.45) is -0.977. The first kappa shape index (κ1) is 9.48. The Morgan fingerprint density at radius 2 is 2.07 bits per heavy atom. The number of aromatic nitrogens is 2. The second-order valence-electron chi connectivity index (χ2n) is 3.36. The quantitative estimate of drug-likeness (QED) is 0.680. The summed E-state index contributed by atoms with van der Waals surface area (Å²) in [7, 11) is 0. The van der Waals surface area contributed by atoms with Crippen molar-refractivity contribution < 1.29 is 17.6 Å². The van der Waals surface area contributed by atoms with Crippen LogP contribution in [0.25, 0.3) is 0 Å². The van der Waals surface area contributed by atoms with Crippen LogP contribution in [0.1, 0.15) is 24.5 Å². The van der Waals surface area contributed by atoms with E-state index in [1.165, 1.54) is 0 Å². The zero-order valence-corrected chi connectivity index (χ0v) is 7.10. The maximum absolute atomic E-state index is 13.0. The van der Waals surface area contributed by atoms with E-state index < -0.39 is 18.5 Å². The summed E-state index contributed by atoms with van der Waals surface area (Å²) in [4.78, 5) is 0. The number of hydrogen-bond donors (Lipinski definition) is 0. The molecule has 14 heavy (non-hydrogen) atoms. The monoisotopic (exact) mass is 207 g/mol. The van der Waals surface area contributed by atoms with Gasteiger partial charge in [0, 0.05) is 5.92 Å². The van der Waals surface area contributed by atoms with Crippen molar-refractivity contribution in [2.45, 2.75) is 31.5 Å². The smallest absolute Gasteiger partial charge is 0.256 e. The molecule has 2 rings (SSSR count). The first-order valence-electron chi connectivity index (χ1n) is 4.18. The highest BCUT2D eigenvalue weighted by molar-refractivity contribution is 5.15. The molecule has 2 nitrogen and oxygen atoms in total. The third kappa shape index (κ3) is 1.88. The molecule has 0 unspecified atom stereocenters. The molecule has 0 spiro atoms. The lowest BCUT2D eigenvalue weighted by atomic mass is 10.3. The Labute approximate surface area is 77.5 Å². The molecule has 1 fully saturated rings. The van der Waals surface area contributed by atoms with Crippen LogP contribution >= 0.6 is 0 Å². The third-order valence-electron chi connectivity index (χ3n) is 2.06. The van der Waals surface area contributed by atoms with Crippen molar-refractivity contribution in [3.05, 3.63) is 17.7 Å². The van der Waals surface area contributed by atoms with Gasteiger partial charge in [0.05, 0.1) is 5.69 Å². The first-order valence-corrected chi connectivity index (χ1v) is 4.18. The van der Waals surface area contributed by atoms with Gasteiger partial charge in [0.2, 0.25) is 0 Å². The van der Waals surface area contributed by atoms with Gasteiger partial charge >= 0.3 is 6.18 Å². The van der Waals surface area contributed by atoms with Crippen LogP contribution in [0.3, 0.4) is 0 Å². The van der Waals surface area contributed by atoms with Crippen molar-refractivity contribution in [2.75, 3.05) is 0 Å². The summed E-state index contributed by atoms with van der Waals surface area (Å²) in [6, 6.07) is 0. The lowest BCUT2D eigenvalue weighted by Gasteiger charge is -2.09. The van der Waals surface area contributed by atoms with Gasteiger partial charge in [-0.3, -0.25) is 4.68 Å². The van der Waals surface area contributed by atoms with Crippen molar-refractivity contribution >= 4 is 0 Å². The zero-order valence-electron chi connectivity index (χ0n) is 7.10. The molecule has 6 heteroatoms. The Morgan fingerprint density at radius 1 is 1.43 bits per heavy atom. The van der Waals surface area contributed by atoms with E-state index in [0.717, 1.165) is 12.8 Å². The van der Waals surface area contributed by atoms with Crippen molar-refractivity contribution in [1.82, 2.24) is 9.78 Å². The minimum atomic E-state index is -4.37. The van der Waals surface area contributed by atoms with Gasteiger partial charge in [-0.1, -0.05) is 0 Å². The Kier molecular flexibility index (Phi) is 2.01. The summed E-state index contributed by atoms with van der Waals surface area (Å²) >= 11 is 0. The van der Waals surface area contributed by atoms with E-state index in [4.69, 9.17) is 0 Å². The van der Waals surface area contributed by atoms with Crippen molar-refractivity contribution in [2.24, 2.45) is 0 Å². The van der Waals surface area contributed by atoms with Crippen LogP contribution in [0.15, 0.2) is 0 Å². The number of hydrogen-bond acceptors (Lipinski definition) is 1. The standard InChI is InChI=1S/C8H7F4N2/c9-6-3-13-14(4-8(10,11)12)7(6)5-1-2-5/h5H,1-2,4H2. The van der Waals surface area contributed by atoms with E-state index in [-0.39, 0.29) is 11.6 Å². The second-order valence-corrected chi connectivity index (χ2v) is 3.36. The first-order chi connectivity index (χ1) is 6.47. The van der Waals surface area contributed by atoms with Crippen molar-refractivity contribution in [3.63, 3.8) is 0 Å². The van der Waals surface area contributed by atoms with Crippen LogP contribution < -0.4 is 0 Å². The summed E-state index contributed by atoms with van der Waals surface area (Å²) < 4.78 is 49.7. The Balaban J connectivity index is 2.24. The SMILES string of the molecule is Fc1[c]nn(CC(F)(F)F)c1C1CC1. The normalized spacial score (nSPS) is 17.4. The van der Waals surface area contributed by atoms with Gasteiger partial charge in [-0.25, -0.2) is 4.39 Å². The minimum Gasteiger partial charge on any atom is -0.256 e. The Hall–Kier alpha value is -1.07. The van der Waals surface area contributed by atoms with Gasteiger partial charge in [0.25, 0.3) is 0 Å². The fraction of sp³-hybridized carbons (Fsp3) is 0.625. The molecule has 1 saturated carbocycles. The summed E-state index contributed by atoms with van der Waals surface area (Å²) in [5.41, 5.74) is 0.0438. The predicted molar refractivity (Wildman–Crippen MR) is 39.1 cm³/mol. The Bertz CT molecular complexity index is 338. The summed E-state index contributed by atoms with van der Waals surface area (Å²) in [6.45, 7) is -1.24. The van der Waals surface area contributed by atoms with Crippen LogP contribution in [0.4, 0.5) is 17.6 Å². The van der Waals surface area contributed by atoms with Crippen LogP contribution in [-0.2, 0) is 6.54 Å². The maximum Gasteiger partial charge on any atom is 0.408 e. The zero-order chi connectivity index (χ0) is 10.3. The molecule has 1 aliphatic rings. The van der Waals surface area contributed by atoms with Gasteiger partial charge in [0.1, 0.15) is 6.54 Å². The third-order valence-corrected chi connectivity index (χ3v) is 2.06. The number of halogens is 4. The average molecular weight is 207 g/mol.